The molecule has 2 aromatic carbocycles. The van der Waals surface area contributed by atoms with E-state index in [-0.39, 0.29) is 18.1 Å². The Hall–Kier alpha value is -2.72. The summed E-state index contributed by atoms with van der Waals surface area (Å²) >= 11 is 5.79. The van der Waals surface area contributed by atoms with Gasteiger partial charge in [-0.2, -0.15) is 0 Å². The van der Waals surface area contributed by atoms with Gasteiger partial charge in [0.15, 0.2) is 0 Å². The predicted molar refractivity (Wildman–Crippen MR) is 97.0 cm³/mol. The number of halogens is 2. The highest BCUT2D eigenvalue weighted by Crippen LogP contribution is 2.19. The summed E-state index contributed by atoms with van der Waals surface area (Å²) in [5, 5.41) is 0.385. The summed E-state index contributed by atoms with van der Waals surface area (Å²) in [7, 11) is 0. The molecular formula is C20H16ClFN2O. The van der Waals surface area contributed by atoms with Crippen LogP contribution < -0.4 is 4.90 Å². The Labute approximate surface area is 150 Å². The van der Waals surface area contributed by atoms with Crippen molar-refractivity contribution in [3.8, 4) is 0 Å². The van der Waals surface area contributed by atoms with Crippen LogP contribution in [0.2, 0.25) is 5.15 Å². The monoisotopic (exact) mass is 354 g/mol. The molecule has 3 rings (SSSR count). The third-order valence-electron chi connectivity index (χ3n) is 3.74. The van der Waals surface area contributed by atoms with E-state index in [1.165, 1.54) is 12.1 Å². The second-order valence-electron chi connectivity index (χ2n) is 5.61. The molecule has 25 heavy (non-hydrogen) atoms. The lowest BCUT2D eigenvalue weighted by Gasteiger charge is -2.23. The maximum Gasteiger partial charge on any atom is 0.231 e. The van der Waals surface area contributed by atoms with Crippen LogP contribution in [0.5, 0.6) is 0 Å². The van der Waals surface area contributed by atoms with E-state index >= 15 is 0 Å². The lowest BCUT2D eigenvalue weighted by Crippen LogP contribution is -2.31. The zero-order valence-electron chi connectivity index (χ0n) is 13.4. The van der Waals surface area contributed by atoms with Crippen molar-refractivity contribution in [3.63, 3.8) is 0 Å². The minimum Gasteiger partial charge on any atom is -0.308 e. The Morgan fingerprint density at radius 1 is 1.00 bits per heavy atom. The molecule has 0 spiro atoms. The largest absolute Gasteiger partial charge is 0.308 e. The average molecular weight is 355 g/mol. The highest BCUT2D eigenvalue weighted by molar-refractivity contribution is 6.29. The Morgan fingerprint density at radius 2 is 1.80 bits per heavy atom. The summed E-state index contributed by atoms with van der Waals surface area (Å²) in [4.78, 5) is 18.5. The molecule has 0 radical (unpaired) electrons. The van der Waals surface area contributed by atoms with Crippen LogP contribution in [0.25, 0.3) is 0 Å². The van der Waals surface area contributed by atoms with Gasteiger partial charge in [0.25, 0.3) is 0 Å². The van der Waals surface area contributed by atoms with Gasteiger partial charge in [-0.3, -0.25) is 4.79 Å². The van der Waals surface area contributed by atoms with Gasteiger partial charge in [-0.25, -0.2) is 9.37 Å². The van der Waals surface area contributed by atoms with Crippen molar-refractivity contribution in [1.29, 1.82) is 0 Å². The van der Waals surface area contributed by atoms with E-state index in [0.717, 1.165) is 16.8 Å². The van der Waals surface area contributed by atoms with Gasteiger partial charge >= 0.3 is 0 Å². The molecule has 3 nitrogen and oxygen atoms in total. The van der Waals surface area contributed by atoms with Crippen LogP contribution in [0, 0.1) is 5.82 Å². The van der Waals surface area contributed by atoms with Crippen LogP contribution in [0.15, 0.2) is 72.9 Å². The second-order valence-corrected chi connectivity index (χ2v) is 6.00. The molecule has 0 atom stereocenters. The van der Waals surface area contributed by atoms with Crippen molar-refractivity contribution in [1.82, 2.24) is 4.98 Å². The van der Waals surface area contributed by atoms with Gasteiger partial charge in [-0.05, 0) is 41.5 Å². The maximum absolute atomic E-state index is 13.5. The van der Waals surface area contributed by atoms with Crippen molar-refractivity contribution >= 4 is 23.2 Å². The molecule has 126 valence electrons. The Morgan fingerprint density at radius 3 is 2.48 bits per heavy atom. The van der Waals surface area contributed by atoms with Gasteiger partial charge in [-0.15, -0.1) is 0 Å². The second kappa shape index (κ2) is 7.90. The van der Waals surface area contributed by atoms with E-state index in [4.69, 9.17) is 11.6 Å². The Bertz CT molecular complexity index is 853. The zero-order chi connectivity index (χ0) is 17.6. The molecular weight excluding hydrogens is 339 g/mol. The molecule has 0 aliphatic rings. The van der Waals surface area contributed by atoms with E-state index in [1.807, 2.05) is 30.3 Å². The number of carbonyl (C=O) groups is 1. The van der Waals surface area contributed by atoms with Crippen LogP contribution in [-0.2, 0) is 17.8 Å². The van der Waals surface area contributed by atoms with Gasteiger partial charge in [0.2, 0.25) is 5.91 Å². The minimum absolute atomic E-state index is 0.0976. The molecule has 0 aliphatic carbocycles. The number of nitrogens with zero attached hydrogens (tertiary/aromatic N) is 2. The molecule has 0 saturated heterocycles. The molecule has 0 bridgehead atoms. The number of benzene rings is 2. The molecule has 0 N–H and O–H groups in total. The molecule has 1 amide bonds. The molecule has 5 heteroatoms. The summed E-state index contributed by atoms with van der Waals surface area (Å²) in [5.74, 6) is -0.417. The molecule has 3 aromatic rings. The van der Waals surface area contributed by atoms with Crippen LogP contribution in [0.4, 0.5) is 10.1 Å². The average Bonchev–Trinajstić information content (AvgIpc) is 2.62. The first-order valence-corrected chi connectivity index (χ1v) is 8.20. The third kappa shape index (κ3) is 4.64. The minimum atomic E-state index is -0.320. The summed E-state index contributed by atoms with van der Waals surface area (Å²) in [6.45, 7) is 0.293. The molecule has 0 saturated carbocycles. The number of rotatable bonds is 5. The first-order valence-electron chi connectivity index (χ1n) is 7.82. The molecule has 0 unspecified atom stereocenters. The van der Waals surface area contributed by atoms with Gasteiger partial charge in [0.1, 0.15) is 11.0 Å². The fourth-order valence-electron chi connectivity index (χ4n) is 2.53. The van der Waals surface area contributed by atoms with Crippen LogP contribution >= 0.6 is 11.6 Å². The zero-order valence-corrected chi connectivity index (χ0v) is 14.2. The van der Waals surface area contributed by atoms with Gasteiger partial charge in [0.05, 0.1) is 13.0 Å². The topological polar surface area (TPSA) is 33.2 Å². The van der Waals surface area contributed by atoms with Gasteiger partial charge < -0.3 is 4.90 Å². The fraction of sp³-hybridized carbons (Fsp3) is 0.100. The number of pyridine rings is 1. The summed E-state index contributed by atoms with van der Waals surface area (Å²) in [6, 6.07) is 19.0. The maximum atomic E-state index is 13.5. The third-order valence-corrected chi connectivity index (χ3v) is 3.97. The van der Waals surface area contributed by atoms with E-state index in [0.29, 0.717) is 11.7 Å². The standard InChI is InChI=1S/C20H16ClFN2O/c21-19-10-9-15(13-23-19)12-20(25)24(18-7-2-1-3-8-18)14-16-5-4-6-17(22)11-16/h1-11,13H,12,14H2. The van der Waals surface area contributed by atoms with E-state index < -0.39 is 0 Å². The van der Waals surface area contributed by atoms with E-state index in [2.05, 4.69) is 4.98 Å². The number of aromatic nitrogens is 1. The molecule has 0 aliphatic heterocycles. The van der Waals surface area contributed by atoms with Gasteiger partial charge in [-0.1, -0.05) is 48.0 Å². The van der Waals surface area contributed by atoms with Crippen LogP contribution in [-0.4, -0.2) is 10.9 Å². The smallest absolute Gasteiger partial charge is 0.231 e. The van der Waals surface area contributed by atoms with Crippen molar-refractivity contribution < 1.29 is 9.18 Å². The first-order chi connectivity index (χ1) is 12.1. The SMILES string of the molecule is O=C(Cc1ccc(Cl)nc1)N(Cc1cccc(F)c1)c1ccccc1. The van der Waals surface area contributed by atoms with Crippen molar-refractivity contribution in [2.75, 3.05) is 4.90 Å². The van der Waals surface area contributed by atoms with Crippen LogP contribution in [0.3, 0.4) is 0 Å². The molecule has 1 aromatic heterocycles. The molecule has 0 fully saturated rings. The Balaban J connectivity index is 1.85. The van der Waals surface area contributed by atoms with Crippen molar-refractivity contribution in [2.45, 2.75) is 13.0 Å². The number of amides is 1. The van der Waals surface area contributed by atoms with Gasteiger partial charge in [0, 0.05) is 11.9 Å². The van der Waals surface area contributed by atoms with E-state index in [9.17, 15) is 9.18 Å². The molecule has 1 heterocycles. The van der Waals surface area contributed by atoms with Crippen molar-refractivity contribution in [2.24, 2.45) is 0 Å². The Kier molecular flexibility index (Phi) is 5.41. The summed E-state index contributed by atoms with van der Waals surface area (Å²) in [5.41, 5.74) is 2.26. The summed E-state index contributed by atoms with van der Waals surface area (Å²) < 4.78 is 13.5. The van der Waals surface area contributed by atoms with Crippen molar-refractivity contribution in [3.05, 3.63) is 95.0 Å². The highest BCUT2D eigenvalue weighted by atomic mass is 35.5. The fourth-order valence-corrected chi connectivity index (χ4v) is 2.64. The lowest BCUT2D eigenvalue weighted by molar-refractivity contribution is -0.118. The van der Waals surface area contributed by atoms with Crippen LogP contribution in [0.1, 0.15) is 11.1 Å². The number of hydrogen-bond donors (Lipinski definition) is 0. The number of anilines is 1. The quantitative estimate of drug-likeness (QED) is 0.625. The normalized spacial score (nSPS) is 10.5. The highest BCUT2D eigenvalue weighted by Gasteiger charge is 2.17. The summed E-state index contributed by atoms with van der Waals surface area (Å²) in [6.07, 6.45) is 1.78. The number of hydrogen-bond acceptors (Lipinski definition) is 2. The number of para-hydroxylation sites is 1. The number of carbonyl (C=O) groups excluding carboxylic acids is 1. The first kappa shape index (κ1) is 17.1. The predicted octanol–water partition coefficient (Wildman–Crippen LogP) is 4.65. The lowest BCUT2D eigenvalue weighted by atomic mass is 10.1. The van der Waals surface area contributed by atoms with E-state index in [1.54, 1.807) is 35.4 Å².